The van der Waals surface area contributed by atoms with Crippen LogP contribution in [0.25, 0.3) is 0 Å². The molecule has 1 aromatic rings. The minimum Gasteiger partial charge on any atom is -0.396 e. The lowest BCUT2D eigenvalue weighted by atomic mass is 10.2. The lowest BCUT2D eigenvalue weighted by Gasteiger charge is -2.06. The van der Waals surface area contributed by atoms with E-state index in [1.807, 2.05) is 18.2 Å². The average Bonchev–Trinajstić information content (AvgIpc) is 2.23. The van der Waals surface area contributed by atoms with Gasteiger partial charge in [-0.15, -0.1) is 0 Å². The van der Waals surface area contributed by atoms with Crippen molar-refractivity contribution in [1.29, 1.82) is 0 Å². The summed E-state index contributed by atoms with van der Waals surface area (Å²) in [6, 6.07) is 5.82. The summed E-state index contributed by atoms with van der Waals surface area (Å²) < 4.78 is 0.912. The van der Waals surface area contributed by atoms with Crippen LogP contribution < -0.4 is 5.32 Å². The maximum Gasteiger partial charge on any atom is 0.0568 e. The van der Waals surface area contributed by atoms with Crippen molar-refractivity contribution in [3.63, 3.8) is 0 Å². The molecule has 0 saturated heterocycles. The van der Waals surface area contributed by atoms with Crippen LogP contribution in [-0.2, 0) is 0 Å². The van der Waals surface area contributed by atoms with Gasteiger partial charge in [-0.2, -0.15) is 0 Å². The number of hydrogen-bond donors (Lipinski definition) is 2. The lowest BCUT2D eigenvalue weighted by Crippen LogP contribution is -2.01. The van der Waals surface area contributed by atoms with Crippen molar-refractivity contribution in [2.24, 2.45) is 0 Å². The zero-order valence-corrected chi connectivity index (χ0v) is 10.8. The van der Waals surface area contributed by atoms with Crippen molar-refractivity contribution in [2.45, 2.75) is 19.3 Å². The molecule has 0 aliphatic carbocycles. The number of halogens is 2. The van der Waals surface area contributed by atoms with Crippen LogP contribution in [0.4, 0.5) is 5.69 Å². The van der Waals surface area contributed by atoms with E-state index in [2.05, 4.69) is 21.2 Å². The molecule has 0 unspecified atom stereocenters. The number of rotatable bonds is 6. The van der Waals surface area contributed by atoms with Crippen molar-refractivity contribution in [2.75, 3.05) is 18.5 Å². The molecule has 0 atom stereocenters. The molecule has 1 rings (SSSR count). The number of benzene rings is 1. The van der Waals surface area contributed by atoms with Gasteiger partial charge in [-0.25, -0.2) is 0 Å². The van der Waals surface area contributed by atoms with Gasteiger partial charge in [0.15, 0.2) is 0 Å². The van der Waals surface area contributed by atoms with Gasteiger partial charge in [0, 0.05) is 23.3 Å². The van der Waals surface area contributed by atoms with E-state index in [-0.39, 0.29) is 6.61 Å². The van der Waals surface area contributed by atoms with E-state index < -0.39 is 0 Å². The second-order valence-electron chi connectivity index (χ2n) is 3.34. The molecular weight excluding hydrogens is 277 g/mol. The Morgan fingerprint density at radius 1 is 1.27 bits per heavy atom. The van der Waals surface area contributed by atoms with E-state index >= 15 is 0 Å². The zero-order chi connectivity index (χ0) is 11.1. The molecular formula is C11H15BrClNO. The average molecular weight is 293 g/mol. The van der Waals surface area contributed by atoms with Gasteiger partial charge in [0.2, 0.25) is 0 Å². The Kier molecular flexibility index (Phi) is 6.06. The third-order valence-corrected chi connectivity index (χ3v) is 3.32. The van der Waals surface area contributed by atoms with Crippen molar-refractivity contribution < 1.29 is 5.11 Å². The normalized spacial score (nSPS) is 10.3. The molecule has 0 bridgehead atoms. The van der Waals surface area contributed by atoms with Crippen LogP contribution in [0.3, 0.4) is 0 Å². The number of aliphatic hydroxyl groups excluding tert-OH is 1. The van der Waals surface area contributed by atoms with Gasteiger partial charge in [-0.05, 0) is 53.4 Å². The maximum absolute atomic E-state index is 8.61. The summed E-state index contributed by atoms with van der Waals surface area (Å²) in [5, 5.41) is 12.6. The summed E-state index contributed by atoms with van der Waals surface area (Å²) in [5.74, 6) is 0. The highest BCUT2D eigenvalue weighted by Crippen LogP contribution is 2.25. The summed E-state index contributed by atoms with van der Waals surface area (Å²) in [5.41, 5.74) is 1.03. The molecule has 0 heterocycles. The fourth-order valence-corrected chi connectivity index (χ4v) is 1.68. The first-order chi connectivity index (χ1) is 7.24. The first kappa shape index (κ1) is 12.8. The van der Waals surface area contributed by atoms with Gasteiger partial charge in [0.25, 0.3) is 0 Å². The van der Waals surface area contributed by atoms with E-state index in [0.717, 1.165) is 41.0 Å². The van der Waals surface area contributed by atoms with E-state index in [4.69, 9.17) is 16.7 Å². The first-order valence-electron chi connectivity index (χ1n) is 5.04. The fourth-order valence-electron chi connectivity index (χ4n) is 1.25. The smallest absolute Gasteiger partial charge is 0.0568 e. The SMILES string of the molecule is OCCCCCNc1ccc(Br)c(Cl)c1. The second kappa shape index (κ2) is 7.09. The van der Waals surface area contributed by atoms with Crippen molar-refractivity contribution in [3.05, 3.63) is 27.7 Å². The molecule has 15 heavy (non-hydrogen) atoms. The molecule has 0 fully saturated rings. The largest absolute Gasteiger partial charge is 0.396 e. The number of nitrogens with one attached hydrogen (secondary N) is 1. The molecule has 0 saturated carbocycles. The van der Waals surface area contributed by atoms with E-state index in [1.54, 1.807) is 0 Å². The minimum absolute atomic E-state index is 0.282. The summed E-state index contributed by atoms with van der Waals surface area (Å²) in [6.07, 6.45) is 2.99. The number of hydrogen-bond acceptors (Lipinski definition) is 2. The molecule has 0 aliphatic heterocycles. The summed E-state index contributed by atoms with van der Waals surface area (Å²) in [7, 11) is 0. The number of unbranched alkanes of at least 4 members (excludes halogenated alkanes) is 2. The third kappa shape index (κ3) is 4.87. The summed E-state index contributed by atoms with van der Waals surface area (Å²) in [4.78, 5) is 0. The fraction of sp³-hybridized carbons (Fsp3) is 0.455. The van der Waals surface area contributed by atoms with Crippen LogP contribution in [-0.4, -0.2) is 18.3 Å². The van der Waals surface area contributed by atoms with E-state index in [1.165, 1.54) is 0 Å². The Morgan fingerprint density at radius 3 is 2.73 bits per heavy atom. The highest BCUT2D eigenvalue weighted by molar-refractivity contribution is 9.10. The Balaban J connectivity index is 2.28. The summed E-state index contributed by atoms with van der Waals surface area (Å²) >= 11 is 9.30. The predicted molar refractivity (Wildman–Crippen MR) is 68.6 cm³/mol. The number of anilines is 1. The van der Waals surface area contributed by atoms with Gasteiger partial charge in [-0.3, -0.25) is 0 Å². The van der Waals surface area contributed by atoms with Gasteiger partial charge in [-0.1, -0.05) is 11.6 Å². The van der Waals surface area contributed by atoms with Gasteiger partial charge < -0.3 is 10.4 Å². The number of aliphatic hydroxyl groups is 1. The van der Waals surface area contributed by atoms with Gasteiger partial charge in [0.1, 0.15) is 0 Å². The van der Waals surface area contributed by atoms with Crippen LogP contribution >= 0.6 is 27.5 Å². The molecule has 0 spiro atoms. The molecule has 4 heteroatoms. The molecule has 0 aromatic heterocycles. The van der Waals surface area contributed by atoms with Crippen LogP contribution in [0.1, 0.15) is 19.3 Å². The van der Waals surface area contributed by atoms with Crippen LogP contribution in [0.2, 0.25) is 5.02 Å². The molecule has 0 aliphatic rings. The molecule has 0 radical (unpaired) electrons. The summed E-state index contributed by atoms with van der Waals surface area (Å²) in [6.45, 7) is 1.20. The molecule has 2 N–H and O–H groups in total. The Morgan fingerprint density at radius 2 is 2.07 bits per heavy atom. The molecule has 1 aromatic carbocycles. The highest BCUT2D eigenvalue weighted by atomic mass is 79.9. The van der Waals surface area contributed by atoms with E-state index in [9.17, 15) is 0 Å². The molecule has 2 nitrogen and oxygen atoms in total. The van der Waals surface area contributed by atoms with Crippen molar-refractivity contribution in [1.82, 2.24) is 0 Å². The van der Waals surface area contributed by atoms with Crippen LogP contribution in [0.5, 0.6) is 0 Å². The van der Waals surface area contributed by atoms with Crippen LogP contribution in [0, 0.1) is 0 Å². The predicted octanol–water partition coefficient (Wildman–Crippen LogP) is 3.68. The topological polar surface area (TPSA) is 32.3 Å². The van der Waals surface area contributed by atoms with Crippen LogP contribution in [0.15, 0.2) is 22.7 Å². The second-order valence-corrected chi connectivity index (χ2v) is 4.60. The quantitative estimate of drug-likeness (QED) is 0.784. The standard InChI is InChI=1S/C11H15BrClNO/c12-10-5-4-9(8-11(10)13)14-6-2-1-3-7-15/h4-5,8,14-15H,1-3,6-7H2. The Hall–Kier alpha value is -0.250. The lowest BCUT2D eigenvalue weighted by molar-refractivity contribution is 0.283. The highest BCUT2D eigenvalue weighted by Gasteiger charge is 1.98. The maximum atomic E-state index is 8.61. The minimum atomic E-state index is 0.282. The third-order valence-electron chi connectivity index (χ3n) is 2.08. The van der Waals surface area contributed by atoms with Gasteiger partial charge >= 0.3 is 0 Å². The first-order valence-corrected chi connectivity index (χ1v) is 6.21. The van der Waals surface area contributed by atoms with Crippen molar-refractivity contribution in [3.8, 4) is 0 Å². The Bertz CT molecular complexity index is 307. The van der Waals surface area contributed by atoms with Gasteiger partial charge in [0.05, 0.1) is 5.02 Å². The Labute approximate surface area is 104 Å². The van der Waals surface area contributed by atoms with E-state index in [0.29, 0.717) is 0 Å². The molecule has 0 amide bonds. The monoisotopic (exact) mass is 291 g/mol. The molecule has 84 valence electrons. The van der Waals surface area contributed by atoms with Crippen molar-refractivity contribution >= 4 is 33.2 Å². The zero-order valence-electron chi connectivity index (χ0n) is 8.47.